The Morgan fingerprint density at radius 3 is 2.79 bits per heavy atom. The van der Waals surface area contributed by atoms with Gasteiger partial charge in [-0.15, -0.1) is 0 Å². The third-order valence-corrected chi connectivity index (χ3v) is 5.15. The Morgan fingerprint density at radius 1 is 1.29 bits per heavy atom. The molecule has 0 spiro atoms. The molecule has 1 aromatic carbocycles. The Hall–Kier alpha value is -1.69. The number of nitrogens with one attached hydrogen (secondary N) is 1. The van der Waals surface area contributed by atoms with Crippen LogP contribution in [0.4, 0.5) is 5.69 Å². The summed E-state index contributed by atoms with van der Waals surface area (Å²) in [7, 11) is 0. The van der Waals surface area contributed by atoms with Crippen LogP contribution in [-0.2, 0) is 4.79 Å². The van der Waals surface area contributed by atoms with Crippen molar-refractivity contribution in [1.29, 1.82) is 0 Å². The van der Waals surface area contributed by atoms with Gasteiger partial charge in [0.2, 0.25) is 0 Å². The number of carbonyl (C=O) groups excluding carboxylic acids is 1. The second-order valence-corrected chi connectivity index (χ2v) is 7.36. The molecule has 2 aromatic rings. The van der Waals surface area contributed by atoms with Crippen LogP contribution in [0.3, 0.4) is 0 Å². The number of halogens is 2. The first-order valence-electron chi connectivity index (χ1n) is 7.35. The van der Waals surface area contributed by atoms with E-state index in [2.05, 4.69) is 28.7 Å². The molecule has 4 nitrogen and oxygen atoms in total. The molecule has 1 aliphatic rings. The molecule has 1 aromatic heterocycles. The van der Waals surface area contributed by atoms with Gasteiger partial charge in [-0.3, -0.25) is 4.79 Å². The van der Waals surface area contributed by atoms with Crippen LogP contribution in [0.1, 0.15) is 25.5 Å². The van der Waals surface area contributed by atoms with Crippen LogP contribution in [0.2, 0.25) is 10.0 Å². The lowest BCUT2D eigenvalue weighted by Crippen LogP contribution is -2.19. The van der Waals surface area contributed by atoms with Crippen molar-refractivity contribution in [3.63, 3.8) is 0 Å². The number of aromatic nitrogens is 1. The summed E-state index contributed by atoms with van der Waals surface area (Å²) >= 11 is 13.4. The van der Waals surface area contributed by atoms with E-state index in [1.165, 1.54) is 11.8 Å². The highest BCUT2D eigenvalue weighted by atomic mass is 35.5. The van der Waals surface area contributed by atoms with Crippen molar-refractivity contribution < 1.29 is 4.79 Å². The largest absolute Gasteiger partial charge is 0.351 e. The molecule has 1 saturated heterocycles. The maximum absolute atomic E-state index is 12.1. The van der Waals surface area contributed by atoms with Gasteiger partial charge in [-0.2, -0.15) is 0 Å². The number of hydrogen-bond donors (Lipinski definition) is 1. The number of benzene rings is 1. The lowest BCUT2D eigenvalue weighted by Gasteiger charge is -2.04. The summed E-state index contributed by atoms with van der Waals surface area (Å²) in [5, 5.41) is 4.03. The number of carbonyl (C=O) groups is 1. The molecule has 3 rings (SSSR count). The van der Waals surface area contributed by atoms with Crippen molar-refractivity contribution >= 4 is 57.8 Å². The first-order chi connectivity index (χ1) is 11.4. The second-order valence-electron chi connectivity index (χ2n) is 5.54. The first-order valence-corrected chi connectivity index (χ1v) is 8.92. The van der Waals surface area contributed by atoms with E-state index in [0.29, 0.717) is 31.8 Å². The van der Waals surface area contributed by atoms with Gasteiger partial charge in [0.15, 0.2) is 5.17 Å². The van der Waals surface area contributed by atoms with Crippen molar-refractivity contribution in [1.82, 2.24) is 9.88 Å². The number of amidine groups is 1. The van der Waals surface area contributed by atoms with Crippen molar-refractivity contribution in [3.05, 3.63) is 57.2 Å². The van der Waals surface area contributed by atoms with E-state index < -0.39 is 0 Å². The molecular formula is C17H15Cl2N3OS. The molecule has 1 fully saturated rings. The van der Waals surface area contributed by atoms with Gasteiger partial charge in [0.1, 0.15) is 0 Å². The summed E-state index contributed by atoms with van der Waals surface area (Å²) in [5.74, 6) is -0.172. The predicted molar refractivity (Wildman–Crippen MR) is 102 cm³/mol. The monoisotopic (exact) mass is 379 g/mol. The average Bonchev–Trinajstić information content (AvgIpc) is 3.12. The molecule has 1 amide bonds. The molecule has 1 N–H and O–H groups in total. The van der Waals surface area contributed by atoms with Gasteiger partial charge in [-0.25, -0.2) is 4.99 Å². The predicted octanol–water partition coefficient (Wildman–Crippen LogP) is 5.27. The summed E-state index contributed by atoms with van der Waals surface area (Å²) in [6.45, 7) is 4.21. The summed E-state index contributed by atoms with van der Waals surface area (Å²) in [6, 6.07) is 7.56. The molecule has 0 atom stereocenters. The molecule has 0 bridgehead atoms. The van der Waals surface area contributed by atoms with E-state index in [4.69, 9.17) is 23.2 Å². The fraction of sp³-hybridized carbons (Fsp3) is 0.176. The van der Waals surface area contributed by atoms with E-state index in [9.17, 15) is 4.79 Å². The number of nitrogens with zero attached hydrogens (tertiary/aromatic N) is 2. The highest BCUT2D eigenvalue weighted by Gasteiger charge is 2.24. The number of rotatable bonds is 3. The quantitative estimate of drug-likeness (QED) is 0.738. The van der Waals surface area contributed by atoms with E-state index >= 15 is 0 Å². The molecule has 0 radical (unpaired) electrons. The Labute approximate surface area is 154 Å². The van der Waals surface area contributed by atoms with Gasteiger partial charge < -0.3 is 9.88 Å². The van der Waals surface area contributed by atoms with E-state index in [-0.39, 0.29) is 5.91 Å². The minimum absolute atomic E-state index is 0.172. The summed E-state index contributed by atoms with van der Waals surface area (Å²) in [4.78, 5) is 17.1. The van der Waals surface area contributed by atoms with Gasteiger partial charge in [0, 0.05) is 18.4 Å². The fourth-order valence-electron chi connectivity index (χ4n) is 2.16. The molecule has 1 aliphatic heterocycles. The summed E-state index contributed by atoms with van der Waals surface area (Å²) in [6.07, 6.45) is 5.85. The molecule has 2 heterocycles. The summed E-state index contributed by atoms with van der Waals surface area (Å²) < 4.78 is 2.09. The van der Waals surface area contributed by atoms with E-state index in [1.807, 2.05) is 24.5 Å². The Kier molecular flexibility index (Phi) is 5.04. The maximum atomic E-state index is 12.1. The van der Waals surface area contributed by atoms with Gasteiger partial charge in [-0.05, 0) is 55.4 Å². The molecule has 7 heteroatoms. The van der Waals surface area contributed by atoms with Crippen LogP contribution in [0, 0.1) is 0 Å². The van der Waals surface area contributed by atoms with Crippen LogP contribution in [0.25, 0.3) is 6.08 Å². The van der Waals surface area contributed by atoms with Crippen LogP contribution in [0.5, 0.6) is 0 Å². The van der Waals surface area contributed by atoms with Gasteiger partial charge in [-0.1, -0.05) is 29.3 Å². The lowest BCUT2D eigenvalue weighted by molar-refractivity contribution is -0.115. The minimum atomic E-state index is -0.172. The smallest absolute Gasteiger partial charge is 0.264 e. The van der Waals surface area contributed by atoms with Gasteiger partial charge in [0.25, 0.3) is 5.91 Å². The van der Waals surface area contributed by atoms with Crippen LogP contribution < -0.4 is 5.32 Å². The van der Waals surface area contributed by atoms with Crippen molar-refractivity contribution in [2.75, 3.05) is 0 Å². The SMILES string of the molecule is CC(C)n1ccc(/C=C2/SC(=Nc3cccc(Cl)c3Cl)NC2=O)c1. The zero-order valence-electron chi connectivity index (χ0n) is 13.1. The highest BCUT2D eigenvalue weighted by Crippen LogP contribution is 2.34. The Bertz CT molecular complexity index is 855. The lowest BCUT2D eigenvalue weighted by atomic mass is 10.3. The molecule has 24 heavy (non-hydrogen) atoms. The highest BCUT2D eigenvalue weighted by molar-refractivity contribution is 8.18. The molecule has 0 aliphatic carbocycles. The van der Waals surface area contributed by atoms with Crippen molar-refractivity contribution in [2.45, 2.75) is 19.9 Å². The number of thioether (sulfide) groups is 1. The third-order valence-electron chi connectivity index (χ3n) is 3.44. The van der Waals surface area contributed by atoms with Crippen molar-refractivity contribution in [3.8, 4) is 0 Å². The van der Waals surface area contributed by atoms with Crippen LogP contribution in [0.15, 0.2) is 46.6 Å². The Morgan fingerprint density at radius 2 is 2.08 bits per heavy atom. The molecule has 124 valence electrons. The summed E-state index contributed by atoms with van der Waals surface area (Å²) in [5.41, 5.74) is 1.50. The Balaban J connectivity index is 1.83. The zero-order valence-corrected chi connectivity index (χ0v) is 15.4. The van der Waals surface area contributed by atoms with E-state index in [0.717, 1.165) is 5.56 Å². The fourth-order valence-corrected chi connectivity index (χ4v) is 3.33. The number of amides is 1. The maximum Gasteiger partial charge on any atom is 0.264 e. The van der Waals surface area contributed by atoms with Gasteiger partial charge in [0.05, 0.1) is 20.6 Å². The van der Waals surface area contributed by atoms with Gasteiger partial charge >= 0.3 is 0 Å². The molecular weight excluding hydrogens is 365 g/mol. The zero-order chi connectivity index (χ0) is 17.3. The molecule has 0 unspecified atom stereocenters. The van der Waals surface area contributed by atoms with Crippen LogP contribution >= 0.6 is 35.0 Å². The van der Waals surface area contributed by atoms with E-state index in [1.54, 1.807) is 18.2 Å². The molecule has 0 saturated carbocycles. The first kappa shape index (κ1) is 17.1. The second kappa shape index (κ2) is 7.05. The number of aliphatic imine (C=N–C) groups is 1. The normalized spacial score (nSPS) is 18.0. The number of hydrogen-bond acceptors (Lipinski definition) is 3. The average molecular weight is 380 g/mol. The minimum Gasteiger partial charge on any atom is -0.351 e. The van der Waals surface area contributed by atoms with Crippen molar-refractivity contribution in [2.24, 2.45) is 4.99 Å². The third kappa shape index (κ3) is 3.69. The standard InChI is InChI=1S/C17H15Cl2N3OS/c1-10(2)22-7-6-11(9-22)8-14-16(23)21-17(24-14)20-13-5-3-4-12(18)15(13)19/h3-10H,1-2H3,(H,20,21,23)/b14-8+. The topological polar surface area (TPSA) is 46.4 Å². The van der Waals surface area contributed by atoms with Crippen LogP contribution in [-0.4, -0.2) is 15.6 Å².